The van der Waals surface area contributed by atoms with Crippen LogP contribution < -0.4 is 5.73 Å². The summed E-state index contributed by atoms with van der Waals surface area (Å²) in [5.41, 5.74) is 5.62. The Morgan fingerprint density at radius 3 is 2.62 bits per heavy atom. The third-order valence-corrected chi connectivity index (χ3v) is 5.28. The van der Waals surface area contributed by atoms with Crippen LogP contribution in [0.3, 0.4) is 0 Å². The van der Waals surface area contributed by atoms with Crippen molar-refractivity contribution in [2.45, 2.75) is 17.8 Å². The fourth-order valence-electron chi connectivity index (χ4n) is 0.477. The molecule has 0 bridgehead atoms. The van der Waals surface area contributed by atoms with Crippen LogP contribution in [0.1, 0.15) is 6.42 Å². The first-order valence-corrected chi connectivity index (χ1v) is 6.61. The normalized spacial score (nSPS) is 28.9. The zero-order valence-electron chi connectivity index (χ0n) is 4.50. The van der Waals surface area contributed by atoms with Crippen LogP contribution >= 0.6 is 22.6 Å². The Bertz CT molecular complexity index is 58.0. The summed E-state index contributed by atoms with van der Waals surface area (Å²) in [6.45, 7) is 0. The Kier molecular flexibility index (Phi) is 5.64. The van der Waals surface area contributed by atoms with Gasteiger partial charge in [0.2, 0.25) is 0 Å². The molecule has 0 amide bonds. The van der Waals surface area contributed by atoms with Crippen LogP contribution in [-0.4, -0.2) is 25.6 Å². The summed E-state index contributed by atoms with van der Waals surface area (Å²) in [6.07, 6.45) is 1.27. The molecule has 1 atom stereocenters. The predicted molar refractivity (Wildman–Crippen MR) is 42.9 cm³/mol. The van der Waals surface area contributed by atoms with Gasteiger partial charge in [-0.2, -0.15) is 0 Å². The molecule has 50 valence electrons. The molecule has 1 fully saturated rings. The van der Waals surface area contributed by atoms with Gasteiger partial charge in [-0.25, -0.2) is 0 Å². The molecule has 1 saturated heterocycles. The van der Waals surface area contributed by atoms with Gasteiger partial charge in [0.1, 0.15) is 0 Å². The number of hydrogen-bond acceptors (Lipinski definition) is 2. The zero-order chi connectivity index (χ0) is 5.11. The number of nitrogens with two attached hydrogens (primary N) is 1. The molecule has 0 radical (unpaired) electrons. The molecular formula is C4H10ClNSSe. The first-order valence-electron chi connectivity index (χ1n) is 2.39. The standard InChI is InChI=1S/C4H9NSSe.ClH/c5-4-1-2-7-6-3-4;/h4H,1-3,5H2;1H. The van der Waals surface area contributed by atoms with E-state index in [-0.39, 0.29) is 12.4 Å². The molecule has 8 heavy (non-hydrogen) atoms. The van der Waals surface area contributed by atoms with E-state index in [2.05, 4.69) is 0 Å². The maximum absolute atomic E-state index is 5.62. The van der Waals surface area contributed by atoms with Crippen molar-refractivity contribution in [3.63, 3.8) is 0 Å². The molecular weight excluding hydrogens is 209 g/mol. The summed E-state index contributed by atoms with van der Waals surface area (Å²) in [5, 5.41) is 1.39. The second-order valence-corrected chi connectivity index (χ2v) is 6.28. The van der Waals surface area contributed by atoms with Gasteiger partial charge >= 0.3 is 53.3 Å². The third-order valence-electron chi connectivity index (χ3n) is 0.937. The molecule has 1 rings (SSSR count). The van der Waals surface area contributed by atoms with Gasteiger partial charge < -0.3 is 0 Å². The van der Waals surface area contributed by atoms with E-state index in [0.29, 0.717) is 6.04 Å². The SMILES string of the molecule is Cl.NC1CC[Se]SC1. The van der Waals surface area contributed by atoms with Crippen molar-refractivity contribution in [1.29, 1.82) is 0 Å². The molecule has 1 unspecified atom stereocenters. The van der Waals surface area contributed by atoms with E-state index in [4.69, 9.17) is 5.73 Å². The average Bonchev–Trinajstić information content (AvgIpc) is 1.69. The molecule has 0 aromatic heterocycles. The second kappa shape index (κ2) is 4.95. The molecule has 0 saturated carbocycles. The molecule has 0 aliphatic carbocycles. The fourth-order valence-corrected chi connectivity index (χ4v) is 4.82. The van der Waals surface area contributed by atoms with Crippen molar-refractivity contribution in [3.8, 4) is 0 Å². The van der Waals surface area contributed by atoms with Crippen molar-refractivity contribution in [1.82, 2.24) is 0 Å². The average molecular weight is 219 g/mol. The van der Waals surface area contributed by atoms with Gasteiger partial charge in [-0.3, -0.25) is 0 Å². The summed E-state index contributed by atoms with van der Waals surface area (Å²) < 4.78 is 0. The number of halogens is 1. The third kappa shape index (κ3) is 3.21. The Morgan fingerprint density at radius 2 is 2.38 bits per heavy atom. The van der Waals surface area contributed by atoms with Gasteiger partial charge in [0, 0.05) is 0 Å². The number of rotatable bonds is 0. The summed E-state index contributed by atoms with van der Waals surface area (Å²) >= 11 is 0.871. The quantitative estimate of drug-likeness (QED) is 0.612. The molecule has 1 aliphatic heterocycles. The van der Waals surface area contributed by atoms with E-state index >= 15 is 0 Å². The van der Waals surface area contributed by atoms with Crippen molar-refractivity contribution in [2.75, 3.05) is 5.75 Å². The van der Waals surface area contributed by atoms with E-state index in [1.165, 1.54) is 17.5 Å². The second-order valence-electron chi connectivity index (χ2n) is 1.66. The number of hydrogen-bond donors (Lipinski definition) is 1. The van der Waals surface area contributed by atoms with Crippen LogP contribution in [0, 0.1) is 0 Å². The van der Waals surface area contributed by atoms with Gasteiger partial charge in [0.15, 0.2) is 0 Å². The molecule has 0 spiro atoms. The molecule has 1 heterocycles. The minimum atomic E-state index is 0. The van der Waals surface area contributed by atoms with Crippen molar-refractivity contribution < 1.29 is 0 Å². The van der Waals surface area contributed by atoms with E-state index in [9.17, 15) is 0 Å². The fraction of sp³-hybridized carbons (Fsp3) is 1.00. The van der Waals surface area contributed by atoms with Gasteiger partial charge in [0.25, 0.3) is 0 Å². The molecule has 2 N–H and O–H groups in total. The van der Waals surface area contributed by atoms with E-state index < -0.39 is 0 Å². The predicted octanol–water partition coefficient (Wildman–Crippen LogP) is 0.910. The van der Waals surface area contributed by atoms with Gasteiger partial charge in [0.05, 0.1) is 0 Å². The van der Waals surface area contributed by atoms with E-state index in [1.807, 2.05) is 10.2 Å². The Labute approximate surface area is 65.8 Å². The summed E-state index contributed by atoms with van der Waals surface area (Å²) in [7, 11) is 2.04. The van der Waals surface area contributed by atoms with E-state index in [0.717, 1.165) is 13.8 Å². The topological polar surface area (TPSA) is 26.0 Å². The van der Waals surface area contributed by atoms with E-state index in [1.54, 1.807) is 0 Å². The maximum atomic E-state index is 5.62. The molecule has 1 aliphatic rings. The van der Waals surface area contributed by atoms with Crippen molar-refractivity contribution in [3.05, 3.63) is 0 Å². The summed E-state index contributed by atoms with van der Waals surface area (Å²) in [6, 6.07) is 0.514. The molecule has 0 aromatic rings. The minimum absolute atomic E-state index is 0. The van der Waals surface area contributed by atoms with Crippen LogP contribution in [0.5, 0.6) is 0 Å². The zero-order valence-corrected chi connectivity index (χ0v) is 7.85. The molecule has 0 aromatic carbocycles. The molecule has 1 nitrogen and oxygen atoms in total. The van der Waals surface area contributed by atoms with Crippen molar-refractivity contribution in [2.24, 2.45) is 5.73 Å². The van der Waals surface area contributed by atoms with Gasteiger partial charge in [-0.15, -0.1) is 12.4 Å². The van der Waals surface area contributed by atoms with Gasteiger partial charge in [-0.05, 0) is 0 Å². The van der Waals surface area contributed by atoms with Crippen LogP contribution in [0.25, 0.3) is 0 Å². The van der Waals surface area contributed by atoms with Crippen molar-refractivity contribution >= 4 is 36.4 Å². The molecule has 4 heteroatoms. The van der Waals surface area contributed by atoms with Crippen LogP contribution in [0.2, 0.25) is 5.32 Å². The van der Waals surface area contributed by atoms with Crippen LogP contribution in [0.4, 0.5) is 0 Å². The van der Waals surface area contributed by atoms with Crippen LogP contribution in [-0.2, 0) is 0 Å². The first kappa shape index (κ1) is 9.12. The monoisotopic (exact) mass is 219 g/mol. The first-order chi connectivity index (χ1) is 3.39. The Balaban J connectivity index is 0.000000490. The van der Waals surface area contributed by atoms with Crippen LogP contribution in [0.15, 0.2) is 0 Å². The summed E-state index contributed by atoms with van der Waals surface area (Å²) in [5.74, 6) is 1.21. The summed E-state index contributed by atoms with van der Waals surface area (Å²) in [4.78, 5) is 0. The Hall–Kier alpha value is 1.12. The Morgan fingerprint density at radius 1 is 1.62 bits per heavy atom. The van der Waals surface area contributed by atoms with Gasteiger partial charge in [-0.1, -0.05) is 0 Å².